The highest BCUT2D eigenvalue weighted by molar-refractivity contribution is 7.13. The number of hydrogen-bond acceptors (Lipinski definition) is 4. The summed E-state index contributed by atoms with van der Waals surface area (Å²) in [4.78, 5) is 12.8. The Morgan fingerprint density at radius 2 is 0.829 bits per heavy atom. The molecule has 202 valence electrons. The number of aliphatic imine (C=N–C) groups is 2. The van der Waals surface area contributed by atoms with Crippen LogP contribution in [-0.2, 0) is 0 Å². The van der Waals surface area contributed by atoms with Gasteiger partial charge in [-0.25, -0.2) is 9.98 Å². The van der Waals surface area contributed by atoms with Crippen molar-refractivity contribution in [1.82, 2.24) is 0 Å². The van der Waals surface area contributed by atoms with Gasteiger partial charge in [0.25, 0.3) is 0 Å². The van der Waals surface area contributed by atoms with Gasteiger partial charge in [0.15, 0.2) is 0 Å². The molecule has 0 atom stereocenters. The number of hydrogen-bond donors (Lipinski definition) is 0. The van der Waals surface area contributed by atoms with Crippen molar-refractivity contribution in [3.63, 3.8) is 0 Å². The van der Waals surface area contributed by atoms with E-state index in [2.05, 4.69) is 108 Å². The number of benzene rings is 4. The molecule has 4 aromatic carbocycles. The molecule has 0 aliphatic heterocycles. The van der Waals surface area contributed by atoms with Gasteiger partial charge in [0, 0.05) is 20.9 Å². The molecule has 6 aromatic rings. The van der Waals surface area contributed by atoms with Gasteiger partial charge in [0.1, 0.15) is 0 Å². The second-order valence-electron chi connectivity index (χ2n) is 8.80. The van der Waals surface area contributed by atoms with Crippen molar-refractivity contribution in [2.45, 2.75) is 0 Å². The Kier molecular flexibility index (Phi) is 10.3. The Morgan fingerprint density at radius 3 is 1.15 bits per heavy atom. The lowest BCUT2D eigenvalue weighted by atomic mass is 9.99. The van der Waals surface area contributed by atoms with E-state index in [4.69, 9.17) is 33.2 Å². The zero-order valence-electron chi connectivity index (χ0n) is 22.0. The van der Waals surface area contributed by atoms with Crippen molar-refractivity contribution in [3.05, 3.63) is 155 Å². The molecule has 0 radical (unpaired) electrons. The highest BCUT2D eigenvalue weighted by Crippen LogP contribution is 2.29. The summed E-state index contributed by atoms with van der Waals surface area (Å²) in [5.41, 5.74) is 7.89. The molecule has 0 aliphatic rings. The molecular formula is C35H26Cl2N2S2. The first-order valence-corrected chi connectivity index (χ1v) is 15.8. The standard InChI is InChI=1S/C34H24N2S2.CH2Cl2/c1-3-9-27(10-4-1)33(35-29-19-15-25(16-20-29)31-13-7-23-37-31)34(28-11-5-2-6-12-28)36-30-21-17-26(18-22-30)32-14-8-24-38-32;2-1-3/h1-24H;1H2. The van der Waals surface area contributed by atoms with Crippen LogP contribution in [0.25, 0.3) is 20.9 Å². The van der Waals surface area contributed by atoms with Gasteiger partial charge in [-0.15, -0.1) is 45.9 Å². The van der Waals surface area contributed by atoms with Gasteiger partial charge in [0.2, 0.25) is 0 Å². The van der Waals surface area contributed by atoms with E-state index in [-0.39, 0.29) is 5.34 Å². The third kappa shape index (κ3) is 7.69. The first kappa shape index (κ1) is 28.7. The summed E-state index contributed by atoms with van der Waals surface area (Å²) in [5.74, 6) is 0. The van der Waals surface area contributed by atoms with Crippen molar-refractivity contribution in [2.24, 2.45) is 9.98 Å². The number of rotatable bonds is 7. The summed E-state index contributed by atoms with van der Waals surface area (Å²) < 4.78 is 0. The monoisotopic (exact) mass is 608 g/mol. The van der Waals surface area contributed by atoms with E-state index in [0.29, 0.717) is 0 Å². The summed E-state index contributed by atoms with van der Waals surface area (Å²) in [5, 5.41) is 4.40. The fourth-order valence-corrected chi connectivity index (χ4v) is 5.71. The Bertz CT molecular complexity index is 1550. The molecule has 41 heavy (non-hydrogen) atoms. The van der Waals surface area contributed by atoms with E-state index in [1.807, 2.05) is 36.4 Å². The summed E-state index contributed by atoms with van der Waals surface area (Å²) in [6.07, 6.45) is 0. The second kappa shape index (κ2) is 14.7. The Balaban J connectivity index is 0.00000108. The van der Waals surface area contributed by atoms with E-state index in [1.54, 1.807) is 22.7 Å². The van der Waals surface area contributed by atoms with Gasteiger partial charge < -0.3 is 0 Å². The topological polar surface area (TPSA) is 24.7 Å². The first-order chi connectivity index (χ1) is 20.2. The molecule has 0 unspecified atom stereocenters. The van der Waals surface area contributed by atoms with Crippen LogP contribution in [-0.4, -0.2) is 16.8 Å². The van der Waals surface area contributed by atoms with E-state index in [1.165, 1.54) is 20.9 Å². The van der Waals surface area contributed by atoms with Gasteiger partial charge in [-0.1, -0.05) is 97.1 Å². The van der Waals surface area contributed by atoms with Crippen molar-refractivity contribution in [3.8, 4) is 20.9 Å². The quantitative estimate of drug-likeness (QED) is 0.127. The van der Waals surface area contributed by atoms with Crippen LogP contribution in [0.2, 0.25) is 0 Å². The van der Waals surface area contributed by atoms with Crippen molar-refractivity contribution in [1.29, 1.82) is 0 Å². The van der Waals surface area contributed by atoms with E-state index in [0.717, 1.165) is 33.9 Å². The summed E-state index contributed by atoms with van der Waals surface area (Å²) in [6.45, 7) is 0. The lowest BCUT2D eigenvalue weighted by Gasteiger charge is -2.12. The number of halogens is 2. The maximum absolute atomic E-state index is 5.17. The van der Waals surface area contributed by atoms with E-state index in [9.17, 15) is 0 Å². The fourth-order valence-electron chi connectivity index (χ4n) is 4.24. The van der Waals surface area contributed by atoms with Gasteiger partial charge in [-0.05, 0) is 58.3 Å². The molecule has 0 fully saturated rings. The minimum Gasteiger partial charge on any atom is -0.246 e. The highest BCUT2D eigenvalue weighted by Gasteiger charge is 2.15. The van der Waals surface area contributed by atoms with Crippen LogP contribution in [0.1, 0.15) is 11.1 Å². The van der Waals surface area contributed by atoms with Gasteiger partial charge in [-0.2, -0.15) is 0 Å². The Morgan fingerprint density at radius 1 is 0.463 bits per heavy atom. The van der Waals surface area contributed by atoms with Crippen LogP contribution in [0.15, 0.2) is 154 Å². The van der Waals surface area contributed by atoms with Crippen LogP contribution in [0.3, 0.4) is 0 Å². The molecular weight excluding hydrogens is 583 g/mol. The minimum atomic E-state index is 0.194. The molecule has 0 spiro atoms. The van der Waals surface area contributed by atoms with Gasteiger partial charge >= 0.3 is 0 Å². The lowest BCUT2D eigenvalue weighted by Crippen LogP contribution is -2.17. The number of nitrogens with zero attached hydrogens (tertiary/aromatic N) is 2. The molecule has 6 rings (SSSR count). The molecule has 0 saturated heterocycles. The fraction of sp³-hybridized carbons (Fsp3) is 0.0286. The lowest BCUT2D eigenvalue weighted by molar-refractivity contribution is 1.47. The third-order valence-electron chi connectivity index (χ3n) is 6.15. The van der Waals surface area contributed by atoms with E-state index < -0.39 is 0 Å². The highest BCUT2D eigenvalue weighted by atomic mass is 35.5. The molecule has 2 heterocycles. The summed E-state index contributed by atoms with van der Waals surface area (Å²) in [6, 6.07) is 45.9. The second-order valence-corrected chi connectivity index (χ2v) is 11.5. The average Bonchev–Trinajstić information content (AvgIpc) is 3.77. The van der Waals surface area contributed by atoms with Crippen LogP contribution in [0.5, 0.6) is 0 Å². The van der Waals surface area contributed by atoms with Crippen LogP contribution in [0, 0.1) is 0 Å². The van der Waals surface area contributed by atoms with Crippen LogP contribution >= 0.6 is 45.9 Å². The molecule has 6 heteroatoms. The largest absolute Gasteiger partial charge is 0.246 e. The predicted octanol–water partition coefficient (Wildman–Crippen LogP) is 11.5. The van der Waals surface area contributed by atoms with Crippen LogP contribution in [0.4, 0.5) is 11.4 Å². The number of alkyl halides is 2. The molecule has 0 amide bonds. The molecule has 2 nitrogen and oxygen atoms in total. The molecule has 0 saturated carbocycles. The number of thiophene rings is 2. The maximum Gasteiger partial charge on any atom is 0.0972 e. The Labute approximate surface area is 258 Å². The minimum absolute atomic E-state index is 0.194. The van der Waals surface area contributed by atoms with Crippen molar-refractivity contribution >= 4 is 68.7 Å². The maximum atomic E-state index is 5.17. The predicted molar refractivity (Wildman–Crippen MR) is 181 cm³/mol. The smallest absolute Gasteiger partial charge is 0.0972 e. The summed E-state index contributed by atoms with van der Waals surface area (Å²) in [7, 11) is 0. The van der Waals surface area contributed by atoms with Gasteiger partial charge in [0.05, 0.1) is 28.1 Å². The zero-order chi connectivity index (χ0) is 28.3. The average molecular weight is 610 g/mol. The first-order valence-electron chi connectivity index (χ1n) is 12.9. The third-order valence-corrected chi connectivity index (χ3v) is 7.98. The zero-order valence-corrected chi connectivity index (χ0v) is 25.2. The molecule has 0 aliphatic carbocycles. The summed E-state index contributed by atoms with van der Waals surface area (Å²) >= 11 is 13.0. The van der Waals surface area contributed by atoms with Gasteiger partial charge in [-0.3, -0.25) is 0 Å². The molecule has 2 aromatic heterocycles. The molecule has 0 N–H and O–H groups in total. The van der Waals surface area contributed by atoms with Crippen molar-refractivity contribution < 1.29 is 0 Å². The van der Waals surface area contributed by atoms with Crippen LogP contribution < -0.4 is 0 Å². The SMILES string of the molecule is ClCCl.c1ccc(C(=Nc2ccc(-c3cccs3)cc2)C(=Nc2ccc(-c3cccs3)cc2)c2ccccc2)cc1. The van der Waals surface area contributed by atoms with Crippen molar-refractivity contribution in [2.75, 3.05) is 5.34 Å². The normalized spacial score (nSPS) is 11.6. The van der Waals surface area contributed by atoms with E-state index >= 15 is 0 Å². The Hall–Kier alpha value is -3.80. The molecule has 0 bridgehead atoms.